The fraction of sp³-hybridized carbons (Fsp3) is 0.471. The van der Waals surface area contributed by atoms with Gasteiger partial charge in [0.15, 0.2) is 0 Å². The summed E-state index contributed by atoms with van der Waals surface area (Å²) in [7, 11) is 0. The highest BCUT2D eigenvalue weighted by Crippen LogP contribution is 2.26. The Kier molecular flexibility index (Phi) is 3.88. The predicted octanol–water partition coefficient (Wildman–Crippen LogP) is 3.17. The van der Waals surface area contributed by atoms with Crippen LogP contribution >= 0.6 is 0 Å². The van der Waals surface area contributed by atoms with Crippen LogP contribution in [0.5, 0.6) is 0 Å². The molecule has 1 aliphatic heterocycles. The second kappa shape index (κ2) is 5.80. The predicted molar refractivity (Wildman–Crippen MR) is 82.7 cm³/mol. The van der Waals surface area contributed by atoms with Gasteiger partial charge in [-0.3, -0.25) is 4.68 Å². The van der Waals surface area contributed by atoms with Gasteiger partial charge in [-0.2, -0.15) is 5.10 Å². The van der Waals surface area contributed by atoms with Crippen LogP contribution in [-0.2, 0) is 6.54 Å². The lowest BCUT2D eigenvalue weighted by atomic mass is 9.98. The Balaban J connectivity index is 1.82. The number of hydrogen-bond acceptors (Lipinski definition) is 2. The molecule has 0 amide bonds. The topological polar surface area (TPSA) is 29.9 Å². The summed E-state index contributed by atoms with van der Waals surface area (Å²) in [6, 6.07) is 8.55. The van der Waals surface area contributed by atoms with Gasteiger partial charge in [-0.05, 0) is 56.8 Å². The number of benzene rings is 1. The third-order valence-electron chi connectivity index (χ3n) is 4.29. The van der Waals surface area contributed by atoms with Crippen LogP contribution in [0.1, 0.15) is 24.1 Å². The average molecular weight is 269 g/mol. The van der Waals surface area contributed by atoms with E-state index in [1.807, 2.05) is 0 Å². The maximum absolute atomic E-state index is 4.72. The number of nitrogens with zero attached hydrogens (tertiary/aromatic N) is 2. The fourth-order valence-electron chi connectivity index (χ4n) is 3.08. The molecule has 0 spiro atoms. The van der Waals surface area contributed by atoms with Crippen molar-refractivity contribution in [3.8, 4) is 11.1 Å². The Hall–Kier alpha value is -1.61. The van der Waals surface area contributed by atoms with E-state index >= 15 is 0 Å². The van der Waals surface area contributed by atoms with E-state index in [4.69, 9.17) is 5.10 Å². The van der Waals surface area contributed by atoms with E-state index in [-0.39, 0.29) is 0 Å². The molecule has 3 nitrogen and oxygen atoms in total. The molecule has 1 aromatic heterocycles. The van der Waals surface area contributed by atoms with E-state index in [0.29, 0.717) is 0 Å². The summed E-state index contributed by atoms with van der Waals surface area (Å²) in [5.41, 5.74) is 5.03. The molecule has 3 heteroatoms. The highest BCUT2D eigenvalue weighted by Gasteiger charge is 2.15. The van der Waals surface area contributed by atoms with Gasteiger partial charge in [0.1, 0.15) is 0 Å². The van der Waals surface area contributed by atoms with Crippen LogP contribution in [0.4, 0.5) is 0 Å². The lowest BCUT2D eigenvalue weighted by Gasteiger charge is -2.22. The van der Waals surface area contributed by atoms with Gasteiger partial charge in [-0.25, -0.2) is 0 Å². The second-order valence-electron chi connectivity index (χ2n) is 5.86. The number of rotatable bonds is 3. The van der Waals surface area contributed by atoms with Crippen molar-refractivity contribution in [2.24, 2.45) is 5.92 Å². The Morgan fingerprint density at radius 1 is 1.15 bits per heavy atom. The van der Waals surface area contributed by atoms with Crippen LogP contribution in [0.3, 0.4) is 0 Å². The molecule has 2 aromatic rings. The largest absolute Gasteiger partial charge is 0.317 e. The van der Waals surface area contributed by atoms with Gasteiger partial charge in [0.25, 0.3) is 0 Å². The molecule has 1 fully saturated rings. The van der Waals surface area contributed by atoms with Crippen LogP contribution in [0.25, 0.3) is 11.1 Å². The summed E-state index contributed by atoms with van der Waals surface area (Å²) in [5.74, 6) is 0.764. The van der Waals surface area contributed by atoms with Crippen molar-refractivity contribution in [2.75, 3.05) is 13.1 Å². The van der Waals surface area contributed by atoms with Gasteiger partial charge >= 0.3 is 0 Å². The summed E-state index contributed by atoms with van der Waals surface area (Å²) < 4.78 is 2.15. The molecule has 0 bridgehead atoms. The molecule has 3 rings (SSSR count). The molecule has 20 heavy (non-hydrogen) atoms. The molecule has 0 radical (unpaired) electrons. The van der Waals surface area contributed by atoms with E-state index in [1.54, 1.807) is 0 Å². The zero-order valence-electron chi connectivity index (χ0n) is 12.4. The first-order valence-corrected chi connectivity index (χ1v) is 7.55. The molecular weight excluding hydrogens is 246 g/mol. The average Bonchev–Trinajstić information content (AvgIpc) is 2.81. The van der Waals surface area contributed by atoms with Crippen molar-refractivity contribution in [1.29, 1.82) is 0 Å². The van der Waals surface area contributed by atoms with Crippen molar-refractivity contribution in [3.05, 3.63) is 41.7 Å². The molecule has 1 aliphatic rings. The van der Waals surface area contributed by atoms with Crippen molar-refractivity contribution >= 4 is 0 Å². The van der Waals surface area contributed by atoms with Crippen molar-refractivity contribution in [2.45, 2.75) is 33.2 Å². The standard InChI is InChI=1S/C17H23N3/c1-13-5-3-4-6-16(13)17-12-20(19-14(17)2)11-15-7-9-18-10-8-15/h3-6,12,15,18H,7-11H2,1-2H3. The molecule has 106 valence electrons. The first kappa shape index (κ1) is 13.4. The SMILES string of the molecule is Cc1ccccc1-c1cn(CC2CCNCC2)nc1C. The molecule has 0 aliphatic carbocycles. The van der Waals surface area contributed by atoms with Gasteiger partial charge in [0.2, 0.25) is 0 Å². The minimum absolute atomic E-state index is 0.764. The summed E-state index contributed by atoms with van der Waals surface area (Å²) in [6.45, 7) is 7.62. The summed E-state index contributed by atoms with van der Waals surface area (Å²) in [6.07, 6.45) is 4.75. The van der Waals surface area contributed by atoms with Gasteiger partial charge in [0, 0.05) is 18.3 Å². The third-order valence-corrected chi connectivity index (χ3v) is 4.29. The maximum Gasteiger partial charge on any atom is 0.0672 e. The van der Waals surface area contributed by atoms with Crippen molar-refractivity contribution in [3.63, 3.8) is 0 Å². The first-order chi connectivity index (χ1) is 9.74. The highest BCUT2D eigenvalue weighted by molar-refractivity contribution is 5.68. The molecular formula is C17H23N3. The third kappa shape index (κ3) is 2.78. The lowest BCUT2D eigenvalue weighted by molar-refractivity contribution is 0.321. The number of nitrogens with one attached hydrogen (secondary N) is 1. The van der Waals surface area contributed by atoms with E-state index in [1.165, 1.54) is 29.5 Å². The number of hydrogen-bond donors (Lipinski definition) is 1. The van der Waals surface area contributed by atoms with Crippen molar-refractivity contribution < 1.29 is 0 Å². The minimum Gasteiger partial charge on any atom is -0.317 e. The molecule has 1 aromatic carbocycles. The van der Waals surface area contributed by atoms with Gasteiger partial charge in [-0.15, -0.1) is 0 Å². The van der Waals surface area contributed by atoms with E-state index < -0.39 is 0 Å². The lowest BCUT2D eigenvalue weighted by Crippen LogP contribution is -2.30. The number of piperidine rings is 1. The van der Waals surface area contributed by atoms with E-state index in [9.17, 15) is 0 Å². The van der Waals surface area contributed by atoms with Crippen molar-refractivity contribution in [1.82, 2.24) is 15.1 Å². The Morgan fingerprint density at radius 3 is 2.65 bits per heavy atom. The van der Waals surface area contributed by atoms with Crippen LogP contribution in [0.15, 0.2) is 30.5 Å². The molecule has 0 atom stereocenters. The second-order valence-corrected chi connectivity index (χ2v) is 5.86. The molecule has 1 saturated heterocycles. The first-order valence-electron chi connectivity index (χ1n) is 7.55. The normalized spacial score (nSPS) is 16.5. The molecule has 0 saturated carbocycles. The smallest absolute Gasteiger partial charge is 0.0672 e. The molecule has 0 unspecified atom stereocenters. The summed E-state index contributed by atoms with van der Waals surface area (Å²) >= 11 is 0. The Labute approximate surface area is 121 Å². The Bertz CT molecular complexity index is 580. The summed E-state index contributed by atoms with van der Waals surface area (Å²) in [5, 5.41) is 8.14. The van der Waals surface area contributed by atoms with Gasteiger partial charge in [-0.1, -0.05) is 24.3 Å². The fourth-order valence-corrected chi connectivity index (χ4v) is 3.08. The van der Waals surface area contributed by atoms with Crippen LogP contribution < -0.4 is 5.32 Å². The monoisotopic (exact) mass is 269 g/mol. The van der Waals surface area contributed by atoms with Crippen LogP contribution in [0, 0.1) is 19.8 Å². The molecule has 1 N–H and O–H groups in total. The Morgan fingerprint density at radius 2 is 1.90 bits per heavy atom. The van der Waals surface area contributed by atoms with E-state index in [2.05, 4.69) is 54.3 Å². The number of aromatic nitrogens is 2. The molecule has 2 heterocycles. The highest BCUT2D eigenvalue weighted by atomic mass is 15.3. The quantitative estimate of drug-likeness (QED) is 0.927. The zero-order valence-corrected chi connectivity index (χ0v) is 12.4. The maximum atomic E-state index is 4.72. The summed E-state index contributed by atoms with van der Waals surface area (Å²) in [4.78, 5) is 0. The van der Waals surface area contributed by atoms with Crippen LogP contribution in [-0.4, -0.2) is 22.9 Å². The minimum atomic E-state index is 0.764. The van der Waals surface area contributed by atoms with Gasteiger partial charge < -0.3 is 5.32 Å². The zero-order chi connectivity index (χ0) is 13.9. The van der Waals surface area contributed by atoms with Crippen LogP contribution in [0.2, 0.25) is 0 Å². The van der Waals surface area contributed by atoms with E-state index in [0.717, 1.165) is 31.2 Å². The van der Waals surface area contributed by atoms with Gasteiger partial charge in [0.05, 0.1) is 5.69 Å². The number of aryl methyl sites for hydroxylation is 2.